The van der Waals surface area contributed by atoms with Crippen LogP contribution in [0.1, 0.15) is 0 Å². The third-order valence-electron chi connectivity index (χ3n) is 5.21. The summed E-state index contributed by atoms with van der Waals surface area (Å²) in [6.07, 6.45) is 8.62. The summed E-state index contributed by atoms with van der Waals surface area (Å²) >= 11 is 0. The molecular formula is C23H15N5O. The van der Waals surface area contributed by atoms with E-state index >= 15 is 0 Å². The van der Waals surface area contributed by atoms with Crippen molar-refractivity contribution in [1.82, 2.24) is 25.1 Å². The summed E-state index contributed by atoms with van der Waals surface area (Å²) in [4.78, 5) is 11.8. The number of hydrogen-bond donors (Lipinski definition) is 2. The Morgan fingerprint density at radius 3 is 2.59 bits per heavy atom. The molecule has 2 N–H and O–H groups in total. The van der Waals surface area contributed by atoms with Crippen molar-refractivity contribution in [1.29, 1.82) is 0 Å². The molecule has 138 valence electrons. The summed E-state index contributed by atoms with van der Waals surface area (Å²) in [6.45, 7) is 0. The second-order valence-electron chi connectivity index (χ2n) is 6.92. The molecule has 0 fully saturated rings. The van der Waals surface area contributed by atoms with Crippen LogP contribution in [0.5, 0.6) is 0 Å². The Bertz CT molecular complexity index is 1450. The van der Waals surface area contributed by atoms with Gasteiger partial charge in [-0.25, -0.2) is 9.97 Å². The molecule has 2 aromatic carbocycles. The first-order chi connectivity index (χ1) is 14.4. The molecule has 6 aromatic rings. The van der Waals surface area contributed by atoms with Gasteiger partial charge in [-0.2, -0.15) is 5.10 Å². The molecule has 6 heteroatoms. The molecule has 6 rings (SSSR count). The topological polar surface area (TPSA) is 83.4 Å². The van der Waals surface area contributed by atoms with Crippen LogP contribution in [0.3, 0.4) is 0 Å². The Morgan fingerprint density at radius 2 is 1.72 bits per heavy atom. The van der Waals surface area contributed by atoms with Crippen molar-refractivity contribution in [3.05, 3.63) is 79.8 Å². The summed E-state index contributed by atoms with van der Waals surface area (Å²) in [6, 6.07) is 16.5. The monoisotopic (exact) mass is 377 g/mol. The predicted octanol–water partition coefficient (Wildman–Crippen LogP) is 5.43. The van der Waals surface area contributed by atoms with E-state index < -0.39 is 0 Å². The van der Waals surface area contributed by atoms with Gasteiger partial charge in [-0.1, -0.05) is 18.2 Å². The van der Waals surface area contributed by atoms with Crippen LogP contribution in [0, 0.1) is 0 Å². The van der Waals surface area contributed by atoms with E-state index in [-0.39, 0.29) is 0 Å². The minimum atomic E-state index is 0.882. The largest absolute Gasteiger partial charge is 0.472 e. The normalized spacial score (nSPS) is 11.4. The number of furan rings is 1. The summed E-state index contributed by atoms with van der Waals surface area (Å²) in [5.74, 6) is 0. The first-order valence-electron chi connectivity index (χ1n) is 9.25. The zero-order chi connectivity index (χ0) is 19.2. The third-order valence-corrected chi connectivity index (χ3v) is 5.21. The predicted molar refractivity (Wildman–Crippen MR) is 112 cm³/mol. The molecule has 0 aliphatic rings. The molecule has 0 atom stereocenters. The van der Waals surface area contributed by atoms with E-state index in [0.29, 0.717) is 0 Å². The first-order valence-corrected chi connectivity index (χ1v) is 9.25. The van der Waals surface area contributed by atoms with Crippen molar-refractivity contribution in [2.24, 2.45) is 0 Å². The van der Waals surface area contributed by atoms with E-state index in [9.17, 15) is 0 Å². The van der Waals surface area contributed by atoms with Gasteiger partial charge >= 0.3 is 0 Å². The highest BCUT2D eigenvalue weighted by molar-refractivity contribution is 6.01. The maximum absolute atomic E-state index is 5.27. The number of rotatable bonds is 3. The molecule has 0 aliphatic carbocycles. The van der Waals surface area contributed by atoms with Gasteiger partial charge in [-0.15, -0.1) is 0 Å². The van der Waals surface area contributed by atoms with E-state index in [1.165, 1.54) is 6.33 Å². The molecule has 6 nitrogen and oxygen atoms in total. The van der Waals surface area contributed by atoms with Gasteiger partial charge in [0.2, 0.25) is 0 Å². The Morgan fingerprint density at radius 1 is 0.793 bits per heavy atom. The number of aromatic nitrogens is 5. The quantitative estimate of drug-likeness (QED) is 0.431. The Hall–Kier alpha value is -4.19. The van der Waals surface area contributed by atoms with Crippen LogP contribution in [0.25, 0.3) is 55.4 Å². The zero-order valence-electron chi connectivity index (χ0n) is 15.3. The third kappa shape index (κ3) is 2.54. The van der Waals surface area contributed by atoms with E-state index in [1.807, 2.05) is 36.7 Å². The highest BCUT2D eigenvalue weighted by Gasteiger charge is 2.14. The highest BCUT2D eigenvalue weighted by Crippen LogP contribution is 2.35. The van der Waals surface area contributed by atoms with Crippen molar-refractivity contribution in [2.75, 3.05) is 0 Å². The number of aromatic amines is 2. The molecule has 0 amide bonds. The number of hydrogen-bond acceptors (Lipinski definition) is 4. The number of nitrogens with one attached hydrogen (secondary N) is 2. The van der Waals surface area contributed by atoms with Crippen molar-refractivity contribution in [3.8, 4) is 33.6 Å². The lowest BCUT2D eigenvalue weighted by Crippen LogP contribution is -1.83. The molecule has 0 unspecified atom stereocenters. The average Bonchev–Trinajstić information content (AvgIpc) is 3.52. The molecule has 0 aliphatic heterocycles. The van der Waals surface area contributed by atoms with Gasteiger partial charge in [-0.05, 0) is 41.5 Å². The Kier molecular flexibility index (Phi) is 3.37. The fraction of sp³-hybridized carbons (Fsp3) is 0. The lowest BCUT2D eigenvalue weighted by atomic mass is 10.0. The second-order valence-corrected chi connectivity index (χ2v) is 6.92. The van der Waals surface area contributed by atoms with E-state index in [4.69, 9.17) is 4.42 Å². The summed E-state index contributed by atoms with van der Waals surface area (Å²) in [7, 11) is 0. The van der Waals surface area contributed by atoms with Crippen LogP contribution in [0.4, 0.5) is 0 Å². The van der Waals surface area contributed by atoms with Gasteiger partial charge in [0, 0.05) is 39.8 Å². The van der Waals surface area contributed by atoms with Crippen LogP contribution in [-0.2, 0) is 0 Å². The molecular weight excluding hydrogens is 362 g/mol. The van der Waals surface area contributed by atoms with Gasteiger partial charge in [0.15, 0.2) is 0 Å². The lowest BCUT2D eigenvalue weighted by Gasteiger charge is -2.01. The number of benzene rings is 2. The fourth-order valence-corrected chi connectivity index (χ4v) is 3.80. The first kappa shape index (κ1) is 15.8. The van der Waals surface area contributed by atoms with E-state index in [2.05, 4.69) is 49.4 Å². The van der Waals surface area contributed by atoms with Gasteiger partial charge < -0.3 is 9.40 Å². The minimum absolute atomic E-state index is 0.882. The number of nitrogens with zero attached hydrogens (tertiary/aromatic N) is 3. The van der Waals surface area contributed by atoms with Crippen LogP contribution >= 0.6 is 0 Å². The van der Waals surface area contributed by atoms with Crippen molar-refractivity contribution in [3.63, 3.8) is 0 Å². The molecule has 0 saturated heterocycles. The molecule has 29 heavy (non-hydrogen) atoms. The van der Waals surface area contributed by atoms with Gasteiger partial charge in [0.25, 0.3) is 0 Å². The minimum Gasteiger partial charge on any atom is -0.472 e. The molecule has 4 heterocycles. The lowest BCUT2D eigenvalue weighted by molar-refractivity contribution is 0.568. The molecule has 0 spiro atoms. The second kappa shape index (κ2) is 6.17. The summed E-state index contributed by atoms with van der Waals surface area (Å²) in [5.41, 5.74) is 8.09. The Labute approximate surface area is 165 Å². The van der Waals surface area contributed by atoms with E-state index in [0.717, 1.165) is 55.4 Å². The molecule has 0 saturated carbocycles. The number of H-pyrrole nitrogens is 2. The zero-order valence-corrected chi connectivity index (χ0v) is 15.3. The maximum atomic E-state index is 5.27. The standard InChI is InChI=1S/C23H15N5O/c1-2-17(15-6-7-29-12-15)18-9-22(26-20(18)3-1)23-19-8-14(4-5-21(19)27-28-23)16-10-24-13-25-11-16/h1-13,26H,(H,27,28). The van der Waals surface area contributed by atoms with Crippen LogP contribution in [-0.4, -0.2) is 25.1 Å². The average molecular weight is 377 g/mol. The van der Waals surface area contributed by atoms with Crippen molar-refractivity contribution in [2.45, 2.75) is 0 Å². The van der Waals surface area contributed by atoms with Crippen molar-refractivity contribution < 1.29 is 4.42 Å². The van der Waals surface area contributed by atoms with Crippen molar-refractivity contribution >= 4 is 21.8 Å². The smallest absolute Gasteiger partial charge is 0.116 e. The highest BCUT2D eigenvalue weighted by atomic mass is 16.3. The van der Waals surface area contributed by atoms with Crippen LogP contribution in [0.2, 0.25) is 0 Å². The Balaban J connectivity index is 1.53. The summed E-state index contributed by atoms with van der Waals surface area (Å²) < 4.78 is 5.27. The molecule has 4 aromatic heterocycles. The SMILES string of the molecule is c1cc(-c2ccoc2)c2cc(-c3n[nH]c4ccc(-c5cncnc5)cc34)[nH]c2c1. The number of fused-ring (bicyclic) bond motifs is 2. The van der Waals surface area contributed by atoms with Crippen LogP contribution in [0.15, 0.2) is 84.2 Å². The van der Waals surface area contributed by atoms with Crippen LogP contribution < -0.4 is 0 Å². The maximum Gasteiger partial charge on any atom is 0.116 e. The van der Waals surface area contributed by atoms with Gasteiger partial charge in [0.1, 0.15) is 12.0 Å². The van der Waals surface area contributed by atoms with Gasteiger partial charge in [-0.3, -0.25) is 5.10 Å². The fourth-order valence-electron chi connectivity index (χ4n) is 3.80. The summed E-state index contributed by atoms with van der Waals surface area (Å²) in [5, 5.41) is 9.89. The van der Waals surface area contributed by atoms with E-state index in [1.54, 1.807) is 12.5 Å². The molecule has 0 radical (unpaired) electrons. The molecule has 0 bridgehead atoms. The van der Waals surface area contributed by atoms with Gasteiger partial charge in [0.05, 0.1) is 23.7 Å².